The summed E-state index contributed by atoms with van der Waals surface area (Å²) in [6.07, 6.45) is 0.989. The third-order valence-electron chi connectivity index (χ3n) is 3.22. The van der Waals surface area contributed by atoms with Crippen LogP contribution in [0.25, 0.3) is 0 Å². The molecule has 2 rings (SSSR count). The molecule has 124 valence electrons. The van der Waals surface area contributed by atoms with E-state index in [2.05, 4.69) is 39.9 Å². The molecule has 9 nitrogen and oxygen atoms in total. The maximum Gasteiger partial charge on any atom is 0.197 e. The predicted molar refractivity (Wildman–Crippen MR) is 86.5 cm³/mol. The van der Waals surface area contributed by atoms with Gasteiger partial charge >= 0.3 is 0 Å². The van der Waals surface area contributed by atoms with Gasteiger partial charge in [0.05, 0.1) is 13.3 Å². The summed E-state index contributed by atoms with van der Waals surface area (Å²) in [5.74, 6) is 12.9. The van der Waals surface area contributed by atoms with E-state index >= 15 is 0 Å². The molecule has 0 radical (unpaired) electrons. The summed E-state index contributed by atoms with van der Waals surface area (Å²) in [6, 6.07) is 5.59. The van der Waals surface area contributed by atoms with Crippen LogP contribution in [0.3, 0.4) is 0 Å². The quantitative estimate of drug-likeness (QED) is 0.353. The zero-order chi connectivity index (χ0) is 16.8. The molecule has 1 aliphatic heterocycles. The van der Waals surface area contributed by atoms with Crippen molar-refractivity contribution in [2.75, 3.05) is 7.11 Å². The Morgan fingerprint density at radius 1 is 1.39 bits per heavy atom. The topological polar surface area (TPSA) is 132 Å². The van der Waals surface area contributed by atoms with Gasteiger partial charge in [-0.2, -0.15) is 0 Å². The van der Waals surface area contributed by atoms with E-state index < -0.39 is 6.29 Å². The van der Waals surface area contributed by atoms with Crippen molar-refractivity contribution in [2.45, 2.75) is 26.1 Å². The van der Waals surface area contributed by atoms with E-state index in [9.17, 15) is 0 Å². The average molecular weight is 319 g/mol. The Kier molecular flexibility index (Phi) is 5.50. The fraction of sp³-hybridized carbons (Fsp3) is 0.357. The normalized spacial score (nSPS) is 17.7. The molecule has 0 amide bonds. The summed E-state index contributed by atoms with van der Waals surface area (Å²) in [7, 11) is 1.62. The van der Waals surface area contributed by atoms with Crippen LogP contribution in [0.2, 0.25) is 0 Å². The van der Waals surface area contributed by atoms with Crippen LogP contribution in [0.5, 0.6) is 11.5 Å². The molecule has 0 bridgehead atoms. The standard InChI is InChI=1S/C14H21N7O2/c1-8(2)10-6-9(22-3)4-5-11(10)23-12-7-17-14(19-15)18-13(12)20-21-16/h4-8,14,18-19H,15H2,1-3H3,(H2,16,20). The van der Waals surface area contributed by atoms with Crippen LogP contribution in [0, 0.1) is 0 Å². The predicted octanol–water partition coefficient (Wildman–Crippen LogP) is 1.11. The van der Waals surface area contributed by atoms with Crippen LogP contribution in [-0.2, 0) is 0 Å². The average Bonchev–Trinajstić information content (AvgIpc) is 2.56. The van der Waals surface area contributed by atoms with Gasteiger partial charge in [-0.3, -0.25) is 5.84 Å². The van der Waals surface area contributed by atoms with Crippen molar-refractivity contribution in [1.29, 1.82) is 0 Å². The zero-order valence-electron chi connectivity index (χ0n) is 13.3. The van der Waals surface area contributed by atoms with Crippen LogP contribution in [-0.4, -0.2) is 19.6 Å². The van der Waals surface area contributed by atoms with Crippen molar-refractivity contribution in [3.63, 3.8) is 0 Å². The summed E-state index contributed by atoms with van der Waals surface area (Å²) < 4.78 is 11.2. The first-order valence-corrected chi connectivity index (χ1v) is 7.05. The monoisotopic (exact) mass is 319 g/mol. The lowest BCUT2D eigenvalue weighted by molar-refractivity contribution is 0.397. The first-order chi connectivity index (χ1) is 11.1. The first-order valence-electron chi connectivity index (χ1n) is 7.05. The van der Waals surface area contributed by atoms with Gasteiger partial charge < -0.3 is 20.6 Å². The highest BCUT2D eigenvalue weighted by atomic mass is 16.5. The van der Waals surface area contributed by atoms with Gasteiger partial charge in [-0.15, -0.1) is 5.11 Å². The Hall–Kier alpha value is -2.65. The van der Waals surface area contributed by atoms with Crippen molar-refractivity contribution < 1.29 is 9.47 Å². The van der Waals surface area contributed by atoms with Gasteiger partial charge in [-0.05, 0) is 24.1 Å². The third-order valence-corrected chi connectivity index (χ3v) is 3.22. The highest BCUT2D eigenvalue weighted by Gasteiger charge is 2.19. The maximum absolute atomic E-state index is 5.94. The third kappa shape index (κ3) is 3.96. The summed E-state index contributed by atoms with van der Waals surface area (Å²) in [5.41, 5.74) is 3.46. The molecule has 23 heavy (non-hydrogen) atoms. The number of rotatable bonds is 6. The number of methoxy groups -OCH3 is 1. The van der Waals surface area contributed by atoms with Crippen LogP contribution in [0.1, 0.15) is 25.3 Å². The maximum atomic E-state index is 5.94. The largest absolute Gasteiger partial charge is 0.497 e. The minimum atomic E-state index is -0.525. The fourth-order valence-corrected chi connectivity index (χ4v) is 2.05. The van der Waals surface area contributed by atoms with Crippen molar-refractivity contribution >= 4 is 6.21 Å². The van der Waals surface area contributed by atoms with Crippen LogP contribution in [0.15, 0.2) is 45.1 Å². The van der Waals surface area contributed by atoms with Crippen molar-refractivity contribution in [2.24, 2.45) is 27.0 Å². The van der Waals surface area contributed by atoms with E-state index in [1.165, 1.54) is 6.21 Å². The van der Waals surface area contributed by atoms with Gasteiger partial charge in [0.25, 0.3) is 0 Å². The number of ether oxygens (including phenoxy) is 2. The second-order valence-electron chi connectivity index (χ2n) is 5.08. The number of benzene rings is 1. The van der Waals surface area contributed by atoms with E-state index in [0.29, 0.717) is 17.3 Å². The molecule has 0 aliphatic carbocycles. The number of hydrogen-bond acceptors (Lipinski definition) is 8. The number of aliphatic imine (C=N–C) groups is 1. The summed E-state index contributed by atoms with van der Waals surface area (Å²) >= 11 is 0. The number of hydrogen-bond donors (Lipinski definition) is 4. The number of nitrogens with one attached hydrogen (secondary N) is 2. The lowest BCUT2D eigenvalue weighted by Gasteiger charge is -2.22. The Labute approximate surface area is 134 Å². The molecule has 1 atom stereocenters. The van der Waals surface area contributed by atoms with E-state index in [-0.39, 0.29) is 5.92 Å². The van der Waals surface area contributed by atoms with Gasteiger partial charge in [-0.25, -0.2) is 10.4 Å². The van der Waals surface area contributed by atoms with E-state index in [1.807, 2.05) is 18.2 Å². The minimum absolute atomic E-state index is 0.243. The van der Waals surface area contributed by atoms with Crippen molar-refractivity contribution in [1.82, 2.24) is 10.7 Å². The highest BCUT2D eigenvalue weighted by Crippen LogP contribution is 2.32. The minimum Gasteiger partial charge on any atom is -0.497 e. The molecule has 1 aliphatic rings. The van der Waals surface area contributed by atoms with E-state index in [0.717, 1.165) is 11.3 Å². The molecule has 0 spiro atoms. The summed E-state index contributed by atoms with van der Waals surface area (Å²) in [4.78, 5) is 4.14. The smallest absolute Gasteiger partial charge is 0.197 e. The van der Waals surface area contributed by atoms with Crippen molar-refractivity contribution in [3.05, 3.63) is 35.3 Å². The lowest BCUT2D eigenvalue weighted by Crippen LogP contribution is -2.46. The Morgan fingerprint density at radius 2 is 2.17 bits per heavy atom. The van der Waals surface area contributed by atoms with Gasteiger partial charge in [0.2, 0.25) is 0 Å². The van der Waals surface area contributed by atoms with Crippen molar-refractivity contribution in [3.8, 4) is 11.5 Å². The van der Waals surface area contributed by atoms with E-state index in [4.69, 9.17) is 21.2 Å². The van der Waals surface area contributed by atoms with Crippen LogP contribution >= 0.6 is 0 Å². The van der Waals surface area contributed by atoms with Crippen LogP contribution < -0.4 is 31.9 Å². The van der Waals surface area contributed by atoms with Gasteiger partial charge in [0.15, 0.2) is 17.9 Å². The summed E-state index contributed by atoms with van der Waals surface area (Å²) in [5, 5.41) is 9.98. The molecule has 0 fully saturated rings. The molecule has 1 aromatic carbocycles. The highest BCUT2D eigenvalue weighted by molar-refractivity contribution is 5.78. The molecule has 9 heteroatoms. The molecule has 6 N–H and O–H groups in total. The Balaban J connectivity index is 2.35. The molecule has 0 saturated carbocycles. The molecule has 1 aromatic rings. The second-order valence-corrected chi connectivity index (χ2v) is 5.08. The molecule has 1 heterocycles. The Bertz CT molecular complexity index is 640. The molecular formula is C14H21N7O2. The number of hydrazine groups is 1. The number of nitrogens with two attached hydrogens (primary N) is 2. The Morgan fingerprint density at radius 3 is 2.78 bits per heavy atom. The molecule has 0 saturated heterocycles. The molecule has 0 aromatic heterocycles. The fourth-order valence-electron chi connectivity index (χ4n) is 2.05. The second kappa shape index (κ2) is 7.56. The summed E-state index contributed by atoms with van der Waals surface area (Å²) in [6.45, 7) is 4.14. The zero-order valence-corrected chi connectivity index (χ0v) is 13.3. The van der Waals surface area contributed by atoms with Crippen LogP contribution in [0.4, 0.5) is 0 Å². The van der Waals surface area contributed by atoms with Gasteiger partial charge in [-0.1, -0.05) is 19.1 Å². The SMILES string of the molecule is COc1ccc(OC2=C(N=NN)NC(NN)N=C2)c(C(C)C)c1. The van der Waals surface area contributed by atoms with E-state index in [1.54, 1.807) is 7.11 Å². The number of nitrogens with zero attached hydrogens (tertiary/aromatic N) is 3. The lowest BCUT2D eigenvalue weighted by atomic mass is 10.0. The van der Waals surface area contributed by atoms with Gasteiger partial charge in [0.1, 0.15) is 11.5 Å². The van der Waals surface area contributed by atoms with Gasteiger partial charge in [0, 0.05) is 5.56 Å². The molecular weight excluding hydrogens is 298 g/mol. The molecule has 1 unspecified atom stereocenters. The number of allylic oxidation sites excluding steroid dienone is 1. The first kappa shape index (κ1) is 16.7.